The van der Waals surface area contributed by atoms with Crippen molar-refractivity contribution < 1.29 is 19.0 Å². The lowest BCUT2D eigenvalue weighted by Crippen LogP contribution is -1.98. The summed E-state index contributed by atoms with van der Waals surface area (Å²) in [6, 6.07) is 16.7. The van der Waals surface area contributed by atoms with E-state index in [1.165, 1.54) is 12.8 Å². The molecule has 4 aromatic rings. The van der Waals surface area contributed by atoms with Crippen molar-refractivity contribution in [3.63, 3.8) is 0 Å². The molecular weight excluding hydrogens is 368 g/mol. The van der Waals surface area contributed by atoms with Crippen molar-refractivity contribution in [2.24, 2.45) is 5.92 Å². The Bertz CT molecular complexity index is 1130. The van der Waals surface area contributed by atoms with Crippen LogP contribution in [0.25, 0.3) is 22.6 Å². The van der Waals surface area contributed by atoms with Crippen molar-refractivity contribution in [1.29, 1.82) is 0 Å². The number of rotatable bonds is 7. The van der Waals surface area contributed by atoms with Crippen LogP contribution in [0, 0.1) is 5.92 Å². The molecule has 2 heterocycles. The molecule has 0 radical (unpaired) electrons. The van der Waals surface area contributed by atoms with Crippen molar-refractivity contribution in [2.45, 2.75) is 19.4 Å². The van der Waals surface area contributed by atoms with E-state index in [0.29, 0.717) is 29.0 Å². The molecule has 0 aliphatic heterocycles. The Labute approximate surface area is 167 Å². The number of nitrogens with zero attached hydrogens (tertiary/aromatic N) is 2. The molecule has 0 atom stereocenters. The Kier molecular flexibility index (Phi) is 4.62. The van der Waals surface area contributed by atoms with Crippen LogP contribution in [-0.4, -0.2) is 21.7 Å². The van der Waals surface area contributed by atoms with E-state index < -0.39 is 0 Å². The van der Waals surface area contributed by atoms with Crippen molar-refractivity contribution >= 4 is 11.1 Å². The Balaban J connectivity index is 1.30. The molecule has 29 heavy (non-hydrogen) atoms. The van der Waals surface area contributed by atoms with Gasteiger partial charge in [0.25, 0.3) is 0 Å². The molecule has 6 heteroatoms. The second-order valence-electron chi connectivity index (χ2n) is 7.20. The average molecular weight is 388 g/mol. The number of pyridine rings is 1. The number of oxazole rings is 1. The predicted molar refractivity (Wildman–Crippen MR) is 108 cm³/mol. The van der Waals surface area contributed by atoms with Gasteiger partial charge in [0.1, 0.15) is 17.0 Å². The zero-order chi connectivity index (χ0) is 19.6. The number of aliphatic hydroxyl groups excluding tert-OH is 1. The second-order valence-corrected chi connectivity index (χ2v) is 7.20. The number of ether oxygens (including phenoxy) is 2. The third-order valence-electron chi connectivity index (χ3n) is 4.83. The van der Waals surface area contributed by atoms with Crippen molar-refractivity contribution in [2.75, 3.05) is 6.61 Å². The van der Waals surface area contributed by atoms with Gasteiger partial charge in [-0.3, -0.25) is 0 Å². The monoisotopic (exact) mass is 388 g/mol. The maximum Gasteiger partial charge on any atom is 0.228 e. The largest absolute Gasteiger partial charge is 0.493 e. The highest BCUT2D eigenvalue weighted by Gasteiger charge is 2.21. The molecule has 6 nitrogen and oxygen atoms in total. The van der Waals surface area contributed by atoms with Crippen molar-refractivity contribution in [1.82, 2.24) is 9.97 Å². The molecule has 0 bridgehead atoms. The molecule has 1 fully saturated rings. The lowest BCUT2D eigenvalue weighted by atomic mass is 10.2. The molecule has 0 spiro atoms. The lowest BCUT2D eigenvalue weighted by Gasteiger charge is -2.08. The highest BCUT2D eigenvalue weighted by atomic mass is 16.5. The molecule has 1 N–H and O–H groups in total. The molecule has 146 valence electrons. The van der Waals surface area contributed by atoms with Gasteiger partial charge < -0.3 is 19.0 Å². The van der Waals surface area contributed by atoms with Gasteiger partial charge in [0.15, 0.2) is 5.58 Å². The highest BCUT2D eigenvalue weighted by molar-refractivity contribution is 5.76. The van der Waals surface area contributed by atoms with Crippen molar-refractivity contribution in [3.8, 4) is 28.8 Å². The van der Waals surface area contributed by atoms with E-state index in [1.807, 2.05) is 42.5 Å². The standard InChI is InChI=1S/C23H20N2O4/c26-13-16-6-8-20-21(10-16)29-23(25-20)17-7-9-22(24-12-17)28-19-3-1-2-18(11-19)27-14-15-4-5-15/h1-3,6-12,15,26H,4-5,13-14H2. The minimum absolute atomic E-state index is 0.0353. The molecule has 1 aliphatic rings. The number of aromatic nitrogens is 2. The predicted octanol–water partition coefficient (Wildman–Crippen LogP) is 4.96. The number of fused-ring (bicyclic) bond motifs is 1. The molecule has 0 unspecified atom stereocenters. The van der Waals surface area contributed by atoms with E-state index in [1.54, 1.807) is 18.3 Å². The fraction of sp³-hybridized carbons (Fsp3) is 0.217. The molecule has 1 aliphatic carbocycles. The van der Waals surface area contributed by atoms with Crippen LogP contribution < -0.4 is 9.47 Å². The summed E-state index contributed by atoms with van der Waals surface area (Å²) in [5.74, 6) is 3.14. The first-order valence-corrected chi connectivity index (χ1v) is 9.64. The summed E-state index contributed by atoms with van der Waals surface area (Å²) in [6.45, 7) is 0.729. The van der Waals surface area contributed by atoms with Crippen molar-refractivity contribution in [3.05, 3.63) is 66.4 Å². The van der Waals surface area contributed by atoms with Gasteiger partial charge in [0.05, 0.1) is 18.8 Å². The first-order valence-electron chi connectivity index (χ1n) is 9.64. The summed E-state index contributed by atoms with van der Waals surface area (Å²) in [4.78, 5) is 8.84. The van der Waals surface area contributed by atoms with Crippen LogP contribution in [0.3, 0.4) is 0 Å². The zero-order valence-corrected chi connectivity index (χ0v) is 15.7. The van der Waals surface area contributed by atoms with Crippen LogP contribution >= 0.6 is 0 Å². The molecule has 2 aromatic heterocycles. The number of hydrogen-bond donors (Lipinski definition) is 1. The lowest BCUT2D eigenvalue weighted by molar-refractivity contribution is 0.282. The van der Waals surface area contributed by atoms with Crippen LogP contribution in [0.1, 0.15) is 18.4 Å². The third-order valence-corrected chi connectivity index (χ3v) is 4.83. The molecule has 5 rings (SSSR count). The van der Waals surface area contributed by atoms with Gasteiger partial charge in [-0.25, -0.2) is 9.97 Å². The second kappa shape index (κ2) is 7.56. The van der Waals surface area contributed by atoms with E-state index in [-0.39, 0.29) is 6.61 Å². The Hall–Kier alpha value is -3.38. The van der Waals surface area contributed by atoms with Crippen LogP contribution in [0.2, 0.25) is 0 Å². The first-order chi connectivity index (χ1) is 14.3. The number of hydrogen-bond acceptors (Lipinski definition) is 6. The van der Waals surface area contributed by atoms with Gasteiger partial charge in [0.2, 0.25) is 11.8 Å². The van der Waals surface area contributed by atoms with Gasteiger partial charge in [-0.15, -0.1) is 0 Å². The van der Waals surface area contributed by atoms with Gasteiger partial charge >= 0.3 is 0 Å². The van der Waals surface area contributed by atoms with Gasteiger partial charge in [-0.2, -0.15) is 0 Å². The van der Waals surface area contributed by atoms with Crippen LogP contribution in [-0.2, 0) is 6.61 Å². The summed E-state index contributed by atoms with van der Waals surface area (Å²) < 4.78 is 17.4. The van der Waals surface area contributed by atoms with E-state index in [9.17, 15) is 5.11 Å². The van der Waals surface area contributed by atoms with Crippen LogP contribution in [0.15, 0.2) is 65.2 Å². The fourth-order valence-electron chi connectivity index (χ4n) is 3.00. The average Bonchev–Trinajstić information content (AvgIpc) is 3.49. The minimum Gasteiger partial charge on any atom is -0.493 e. The molecule has 0 amide bonds. The topological polar surface area (TPSA) is 77.6 Å². The summed E-state index contributed by atoms with van der Waals surface area (Å²) in [6.07, 6.45) is 4.19. The van der Waals surface area contributed by atoms with E-state index in [0.717, 1.165) is 29.0 Å². The van der Waals surface area contributed by atoms with Crippen LogP contribution in [0.4, 0.5) is 0 Å². The smallest absolute Gasteiger partial charge is 0.228 e. The molecule has 1 saturated carbocycles. The summed E-state index contributed by atoms with van der Waals surface area (Å²) in [5.41, 5.74) is 2.90. The van der Waals surface area contributed by atoms with E-state index in [2.05, 4.69) is 9.97 Å². The molecular formula is C23H20N2O4. The maximum absolute atomic E-state index is 9.25. The first kappa shape index (κ1) is 17.7. The fourth-order valence-corrected chi connectivity index (χ4v) is 3.00. The summed E-state index contributed by atoms with van der Waals surface area (Å²) in [7, 11) is 0. The SMILES string of the molecule is OCc1ccc2nc(-c3ccc(Oc4cccc(OCC5CC5)c4)nc3)oc2c1. The van der Waals surface area contributed by atoms with Gasteiger partial charge in [-0.05, 0) is 54.7 Å². The summed E-state index contributed by atoms with van der Waals surface area (Å²) >= 11 is 0. The Morgan fingerprint density at radius 3 is 2.72 bits per heavy atom. The quantitative estimate of drug-likeness (QED) is 0.482. The zero-order valence-electron chi connectivity index (χ0n) is 15.7. The maximum atomic E-state index is 9.25. The third kappa shape index (κ3) is 4.07. The van der Waals surface area contributed by atoms with Gasteiger partial charge in [-0.1, -0.05) is 12.1 Å². The number of aliphatic hydroxyl groups is 1. The molecule has 0 saturated heterocycles. The highest BCUT2D eigenvalue weighted by Crippen LogP contribution is 2.31. The molecule has 2 aromatic carbocycles. The Morgan fingerprint density at radius 2 is 1.93 bits per heavy atom. The Morgan fingerprint density at radius 1 is 1.03 bits per heavy atom. The number of benzene rings is 2. The normalized spacial score (nSPS) is 13.6. The minimum atomic E-state index is -0.0353. The van der Waals surface area contributed by atoms with Gasteiger partial charge in [0, 0.05) is 18.3 Å². The van der Waals surface area contributed by atoms with E-state index >= 15 is 0 Å². The van der Waals surface area contributed by atoms with E-state index in [4.69, 9.17) is 13.9 Å². The summed E-state index contributed by atoms with van der Waals surface area (Å²) in [5, 5.41) is 9.25. The van der Waals surface area contributed by atoms with Crippen LogP contribution in [0.5, 0.6) is 17.4 Å².